The summed E-state index contributed by atoms with van der Waals surface area (Å²) in [5.41, 5.74) is 5.30. The molecule has 1 amide bonds. The van der Waals surface area contributed by atoms with Crippen LogP contribution >= 0.6 is 0 Å². The number of aromatic nitrogens is 2. The number of nitrogens with one attached hydrogen (secondary N) is 1. The Morgan fingerprint density at radius 3 is 2.48 bits per heavy atom. The second kappa shape index (κ2) is 5.16. The van der Waals surface area contributed by atoms with E-state index >= 15 is 0 Å². The maximum absolute atomic E-state index is 12.4. The molecule has 21 heavy (non-hydrogen) atoms. The first kappa shape index (κ1) is 14.1. The molecule has 0 bridgehead atoms. The largest absolute Gasteiger partial charge is 0.431 e. The van der Waals surface area contributed by atoms with Crippen molar-refractivity contribution in [3.8, 4) is 0 Å². The molecule has 0 atom stereocenters. The molecular formula is C14H21N5O2. The summed E-state index contributed by atoms with van der Waals surface area (Å²) >= 11 is 0. The number of hydrogen-bond acceptors (Lipinski definition) is 5. The number of likely N-dealkylation sites (N-methyl/N-ethyl adjacent to an activating group) is 1. The molecule has 2 aromatic heterocycles. The van der Waals surface area contributed by atoms with Gasteiger partial charge in [-0.1, -0.05) is 0 Å². The van der Waals surface area contributed by atoms with Crippen molar-refractivity contribution in [3.05, 3.63) is 17.0 Å². The summed E-state index contributed by atoms with van der Waals surface area (Å²) in [5, 5.41) is 7.15. The minimum Gasteiger partial charge on any atom is -0.431 e. The summed E-state index contributed by atoms with van der Waals surface area (Å²) in [6, 6.07) is 0. The minimum atomic E-state index is -0.197. The lowest BCUT2D eigenvalue weighted by Gasteiger charge is -2.32. The number of nitrogens with zero attached hydrogens (tertiary/aromatic N) is 4. The van der Waals surface area contributed by atoms with Gasteiger partial charge in [0.2, 0.25) is 5.71 Å². The Morgan fingerprint density at radius 1 is 1.19 bits per heavy atom. The molecule has 1 saturated heterocycles. The van der Waals surface area contributed by atoms with Gasteiger partial charge < -0.3 is 9.32 Å². The average Bonchev–Trinajstić information content (AvgIpc) is 2.91. The summed E-state index contributed by atoms with van der Waals surface area (Å²) in [6.45, 7) is 7.40. The second-order valence-electron chi connectivity index (χ2n) is 5.68. The highest BCUT2D eigenvalue weighted by atomic mass is 16.4. The van der Waals surface area contributed by atoms with Crippen LogP contribution in [0.4, 0.5) is 0 Å². The fourth-order valence-electron chi connectivity index (χ4n) is 2.70. The number of carbonyl (C=O) groups excluding carboxylic acids is 1. The molecule has 1 fully saturated rings. The Bertz CT molecular complexity index is 679. The molecule has 0 aromatic carbocycles. The highest BCUT2D eigenvalue weighted by molar-refractivity contribution is 5.98. The van der Waals surface area contributed by atoms with E-state index in [4.69, 9.17) is 4.42 Å². The van der Waals surface area contributed by atoms with E-state index in [1.807, 2.05) is 25.9 Å². The van der Waals surface area contributed by atoms with Gasteiger partial charge in [0, 0.05) is 44.5 Å². The molecule has 7 nitrogen and oxygen atoms in total. The monoisotopic (exact) mass is 291 g/mol. The minimum absolute atomic E-state index is 0.197. The van der Waals surface area contributed by atoms with Crippen LogP contribution in [0.5, 0.6) is 0 Å². The molecule has 1 aliphatic rings. The van der Waals surface area contributed by atoms with Crippen molar-refractivity contribution in [1.29, 1.82) is 0 Å². The zero-order valence-electron chi connectivity index (χ0n) is 12.9. The van der Waals surface area contributed by atoms with Gasteiger partial charge >= 0.3 is 5.91 Å². The van der Waals surface area contributed by atoms with Crippen LogP contribution in [-0.2, 0) is 7.05 Å². The number of rotatable bonds is 2. The molecule has 1 N–H and O–H groups in total. The molecule has 0 unspecified atom stereocenters. The van der Waals surface area contributed by atoms with Crippen LogP contribution in [0.2, 0.25) is 0 Å². The summed E-state index contributed by atoms with van der Waals surface area (Å²) in [4.78, 5) is 14.6. The SMILES string of the molecule is Cc1c(C(=O)NN2CCN(C)CC2)oc2nn(C)c(C)c12. The van der Waals surface area contributed by atoms with E-state index in [0.29, 0.717) is 11.5 Å². The van der Waals surface area contributed by atoms with Crippen LogP contribution in [0.15, 0.2) is 4.42 Å². The second-order valence-corrected chi connectivity index (χ2v) is 5.68. The molecule has 3 rings (SSSR count). The predicted molar refractivity (Wildman–Crippen MR) is 79.0 cm³/mol. The standard InChI is InChI=1S/C14H21N5O2/c1-9-11-10(2)18(4)16-14(11)21-12(9)13(20)15-19-7-5-17(3)6-8-19/h5-8H2,1-4H3,(H,15,20). The molecular weight excluding hydrogens is 270 g/mol. The third-order valence-electron chi connectivity index (χ3n) is 4.19. The van der Waals surface area contributed by atoms with Gasteiger partial charge in [-0.25, -0.2) is 5.01 Å². The number of piperazine rings is 1. The van der Waals surface area contributed by atoms with Crippen molar-refractivity contribution in [2.24, 2.45) is 7.05 Å². The van der Waals surface area contributed by atoms with Gasteiger partial charge in [0.25, 0.3) is 0 Å². The quantitative estimate of drug-likeness (QED) is 0.881. The smallest absolute Gasteiger partial charge is 0.301 e. The van der Waals surface area contributed by atoms with Gasteiger partial charge in [-0.3, -0.25) is 14.9 Å². The Balaban J connectivity index is 1.80. The van der Waals surface area contributed by atoms with E-state index in [0.717, 1.165) is 42.8 Å². The van der Waals surface area contributed by atoms with E-state index in [1.165, 1.54) is 0 Å². The highest BCUT2D eigenvalue weighted by Crippen LogP contribution is 2.27. The number of fused-ring (bicyclic) bond motifs is 1. The van der Waals surface area contributed by atoms with Crippen molar-refractivity contribution in [3.63, 3.8) is 0 Å². The van der Waals surface area contributed by atoms with Gasteiger partial charge in [0.1, 0.15) is 0 Å². The van der Waals surface area contributed by atoms with Gasteiger partial charge in [0.05, 0.1) is 5.39 Å². The molecule has 1 aliphatic heterocycles. The number of carbonyl (C=O) groups is 1. The number of furan rings is 1. The zero-order valence-corrected chi connectivity index (χ0v) is 12.9. The lowest BCUT2D eigenvalue weighted by atomic mass is 10.2. The normalized spacial score (nSPS) is 17.5. The lowest BCUT2D eigenvalue weighted by molar-refractivity contribution is 0.0637. The molecule has 114 valence electrons. The molecule has 0 saturated carbocycles. The van der Waals surface area contributed by atoms with E-state index in [-0.39, 0.29) is 5.91 Å². The molecule has 0 spiro atoms. The fourth-order valence-corrected chi connectivity index (χ4v) is 2.70. The number of hydrazine groups is 1. The maximum atomic E-state index is 12.4. The van der Waals surface area contributed by atoms with Crippen molar-refractivity contribution >= 4 is 17.0 Å². The third-order valence-corrected chi connectivity index (χ3v) is 4.19. The van der Waals surface area contributed by atoms with E-state index < -0.39 is 0 Å². The van der Waals surface area contributed by atoms with Gasteiger partial charge in [-0.05, 0) is 20.9 Å². The fraction of sp³-hybridized carbons (Fsp3) is 0.571. The highest BCUT2D eigenvalue weighted by Gasteiger charge is 2.24. The van der Waals surface area contributed by atoms with Crippen LogP contribution in [0.3, 0.4) is 0 Å². The van der Waals surface area contributed by atoms with Gasteiger partial charge in [-0.2, -0.15) is 0 Å². The van der Waals surface area contributed by atoms with Crippen LogP contribution in [0, 0.1) is 13.8 Å². The summed E-state index contributed by atoms with van der Waals surface area (Å²) in [5.74, 6) is 0.159. The average molecular weight is 291 g/mol. The summed E-state index contributed by atoms with van der Waals surface area (Å²) in [6.07, 6.45) is 0. The topological polar surface area (TPSA) is 66.5 Å². The van der Waals surface area contributed by atoms with Crippen molar-refractivity contribution < 1.29 is 9.21 Å². The molecule has 7 heteroatoms. The first-order valence-corrected chi connectivity index (χ1v) is 7.14. The van der Waals surface area contributed by atoms with Gasteiger partial charge in [-0.15, -0.1) is 5.10 Å². The Morgan fingerprint density at radius 2 is 1.86 bits per heavy atom. The molecule has 2 aromatic rings. The first-order chi connectivity index (χ1) is 9.97. The Hall–Kier alpha value is -1.86. The number of aryl methyl sites for hydroxylation is 3. The third kappa shape index (κ3) is 2.43. The summed E-state index contributed by atoms with van der Waals surface area (Å²) < 4.78 is 7.41. The van der Waals surface area contributed by atoms with E-state index in [9.17, 15) is 4.79 Å². The van der Waals surface area contributed by atoms with Crippen LogP contribution < -0.4 is 5.43 Å². The van der Waals surface area contributed by atoms with E-state index in [2.05, 4.69) is 22.5 Å². The zero-order chi connectivity index (χ0) is 15.1. The van der Waals surface area contributed by atoms with Crippen LogP contribution in [-0.4, -0.2) is 58.8 Å². The number of amides is 1. The molecule has 0 aliphatic carbocycles. The van der Waals surface area contributed by atoms with Crippen molar-refractivity contribution in [2.45, 2.75) is 13.8 Å². The molecule has 3 heterocycles. The predicted octanol–water partition coefficient (Wildman–Crippen LogP) is 0.675. The van der Waals surface area contributed by atoms with E-state index in [1.54, 1.807) is 4.68 Å². The van der Waals surface area contributed by atoms with Crippen molar-refractivity contribution in [1.82, 2.24) is 25.1 Å². The van der Waals surface area contributed by atoms with Crippen molar-refractivity contribution in [2.75, 3.05) is 33.2 Å². The lowest BCUT2D eigenvalue weighted by Crippen LogP contribution is -2.52. The maximum Gasteiger partial charge on any atom is 0.301 e. The molecule has 0 radical (unpaired) electrons. The summed E-state index contributed by atoms with van der Waals surface area (Å²) in [7, 11) is 3.95. The van der Waals surface area contributed by atoms with Crippen LogP contribution in [0.1, 0.15) is 21.8 Å². The van der Waals surface area contributed by atoms with Gasteiger partial charge in [0.15, 0.2) is 5.76 Å². The Labute approximate surface area is 123 Å². The first-order valence-electron chi connectivity index (χ1n) is 7.14. The number of hydrogen-bond donors (Lipinski definition) is 1. The van der Waals surface area contributed by atoms with Crippen LogP contribution in [0.25, 0.3) is 11.1 Å². The Kier molecular flexibility index (Phi) is 3.46.